The molecular weight excluding hydrogens is 354 g/mol. The minimum Gasteiger partial charge on any atom is -0.507 e. The molecule has 0 radical (unpaired) electrons. The van der Waals surface area contributed by atoms with Gasteiger partial charge in [0.05, 0.1) is 3.57 Å². The van der Waals surface area contributed by atoms with E-state index in [1.54, 1.807) is 0 Å². The number of aryl methyl sites for hydroxylation is 1. The minimum absolute atomic E-state index is 0.404. The molecule has 0 aliphatic carbocycles. The van der Waals surface area contributed by atoms with Crippen LogP contribution in [0.25, 0.3) is 0 Å². The Hall–Kier alpha value is 0.480. The number of hydrogen-bond acceptors (Lipinski definition) is 1. The van der Waals surface area contributed by atoms with Crippen molar-refractivity contribution in [2.75, 3.05) is 0 Å². The van der Waals surface area contributed by atoms with E-state index in [0.29, 0.717) is 5.75 Å². The fourth-order valence-corrected chi connectivity index (χ4v) is 2.83. The standard InChI is InChI=1S/C7H6I2O/c1-4-2-5(8)3-6(9)7(4)10/h2-3,10H,1H3. The number of hydrogen-bond donors (Lipinski definition) is 1. The molecule has 0 fully saturated rings. The molecule has 0 unspecified atom stereocenters. The smallest absolute Gasteiger partial charge is 0.131 e. The van der Waals surface area contributed by atoms with Gasteiger partial charge in [-0.25, -0.2) is 0 Å². The van der Waals surface area contributed by atoms with Gasteiger partial charge in [0.25, 0.3) is 0 Å². The zero-order chi connectivity index (χ0) is 7.72. The van der Waals surface area contributed by atoms with Gasteiger partial charge >= 0.3 is 0 Å². The molecule has 1 aromatic carbocycles. The first-order valence-electron chi connectivity index (χ1n) is 2.76. The van der Waals surface area contributed by atoms with E-state index >= 15 is 0 Å². The molecule has 0 saturated heterocycles. The third-order valence-electron chi connectivity index (χ3n) is 1.22. The van der Waals surface area contributed by atoms with Gasteiger partial charge in [-0.1, -0.05) is 0 Å². The highest BCUT2D eigenvalue weighted by Gasteiger charge is 2.01. The summed E-state index contributed by atoms with van der Waals surface area (Å²) in [4.78, 5) is 0. The van der Waals surface area contributed by atoms with Crippen LogP contribution in [0.1, 0.15) is 5.56 Å². The maximum absolute atomic E-state index is 9.32. The van der Waals surface area contributed by atoms with Gasteiger partial charge in [-0.05, 0) is 69.8 Å². The molecule has 0 aliphatic rings. The van der Waals surface area contributed by atoms with E-state index < -0.39 is 0 Å². The largest absolute Gasteiger partial charge is 0.507 e. The Labute approximate surface area is 87.1 Å². The predicted octanol–water partition coefficient (Wildman–Crippen LogP) is 2.91. The topological polar surface area (TPSA) is 20.2 Å². The van der Waals surface area contributed by atoms with E-state index in [9.17, 15) is 5.11 Å². The van der Waals surface area contributed by atoms with Crippen LogP contribution < -0.4 is 0 Å². The summed E-state index contributed by atoms with van der Waals surface area (Å²) < 4.78 is 2.08. The quantitative estimate of drug-likeness (QED) is 0.706. The fraction of sp³-hybridized carbons (Fsp3) is 0.143. The molecule has 0 aliphatic heterocycles. The van der Waals surface area contributed by atoms with Crippen LogP contribution in [-0.2, 0) is 0 Å². The van der Waals surface area contributed by atoms with E-state index in [4.69, 9.17) is 0 Å². The summed E-state index contributed by atoms with van der Waals surface area (Å²) in [5.41, 5.74) is 0.941. The Kier molecular flexibility index (Phi) is 2.79. The summed E-state index contributed by atoms with van der Waals surface area (Å²) in [5, 5.41) is 9.32. The van der Waals surface area contributed by atoms with Gasteiger partial charge in [0.1, 0.15) is 5.75 Å². The summed E-state index contributed by atoms with van der Waals surface area (Å²) in [5.74, 6) is 0.404. The summed E-state index contributed by atoms with van der Waals surface area (Å²) in [6.45, 7) is 1.90. The summed E-state index contributed by atoms with van der Waals surface area (Å²) in [6, 6.07) is 3.90. The molecule has 0 heterocycles. The number of benzene rings is 1. The number of phenols is 1. The third-order valence-corrected chi connectivity index (χ3v) is 2.66. The van der Waals surface area contributed by atoms with Crippen LogP contribution >= 0.6 is 45.2 Å². The number of phenolic OH excluding ortho intramolecular Hbond substituents is 1. The average Bonchev–Trinajstić information content (AvgIpc) is 1.82. The van der Waals surface area contributed by atoms with Gasteiger partial charge in [-0.15, -0.1) is 0 Å². The first-order chi connectivity index (χ1) is 4.61. The molecule has 0 bridgehead atoms. The SMILES string of the molecule is Cc1cc(I)cc(I)c1O. The molecule has 0 aromatic heterocycles. The van der Waals surface area contributed by atoms with Gasteiger partial charge in [0.15, 0.2) is 0 Å². The zero-order valence-corrected chi connectivity index (χ0v) is 9.67. The second kappa shape index (κ2) is 3.25. The number of halogens is 2. The highest BCUT2D eigenvalue weighted by molar-refractivity contribution is 14.1. The normalized spacial score (nSPS) is 9.90. The molecule has 0 amide bonds. The Morgan fingerprint density at radius 2 is 1.90 bits per heavy atom. The molecule has 1 rings (SSSR count). The van der Waals surface area contributed by atoms with Crippen molar-refractivity contribution in [2.24, 2.45) is 0 Å². The van der Waals surface area contributed by atoms with Crippen molar-refractivity contribution in [3.63, 3.8) is 0 Å². The van der Waals surface area contributed by atoms with Crippen LogP contribution in [0.4, 0.5) is 0 Å². The van der Waals surface area contributed by atoms with Crippen molar-refractivity contribution in [3.05, 3.63) is 24.8 Å². The summed E-state index contributed by atoms with van der Waals surface area (Å²) >= 11 is 4.35. The Morgan fingerprint density at radius 3 is 2.40 bits per heavy atom. The maximum atomic E-state index is 9.32. The van der Waals surface area contributed by atoms with Crippen molar-refractivity contribution < 1.29 is 5.11 Å². The zero-order valence-electron chi connectivity index (χ0n) is 5.36. The number of aromatic hydroxyl groups is 1. The lowest BCUT2D eigenvalue weighted by Crippen LogP contribution is -1.81. The first kappa shape index (κ1) is 8.58. The third kappa shape index (κ3) is 1.75. The molecule has 1 nitrogen and oxygen atoms in total. The average molecular weight is 360 g/mol. The second-order valence-corrected chi connectivity index (χ2v) is 4.46. The molecule has 0 atom stereocenters. The highest BCUT2D eigenvalue weighted by atomic mass is 127. The van der Waals surface area contributed by atoms with Crippen LogP contribution in [0.5, 0.6) is 5.75 Å². The summed E-state index contributed by atoms with van der Waals surface area (Å²) in [6.07, 6.45) is 0. The van der Waals surface area contributed by atoms with Crippen molar-refractivity contribution in [2.45, 2.75) is 6.92 Å². The van der Waals surface area contributed by atoms with Crippen LogP contribution in [0.15, 0.2) is 12.1 Å². The van der Waals surface area contributed by atoms with E-state index in [1.165, 1.54) is 0 Å². The van der Waals surface area contributed by atoms with Crippen molar-refractivity contribution in [1.29, 1.82) is 0 Å². The van der Waals surface area contributed by atoms with Gasteiger partial charge in [0.2, 0.25) is 0 Å². The minimum atomic E-state index is 0.404. The van der Waals surface area contributed by atoms with Crippen LogP contribution in [0.3, 0.4) is 0 Å². The second-order valence-electron chi connectivity index (χ2n) is 2.05. The lowest BCUT2D eigenvalue weighted by atomic mass is 10.2. The molecule has 0 saturated carbocycles. The molecule has 1 N–H and O–H groups in total. The van der Waals surface area contributed by atoms with Crippen molar-refractivity contribution in [1.82, 2.24) is 0 Å². The van der Waals surface area contributed by atoms with E-state index in [1.807, 2.05) is 19.1 Å². The monoisotopic (exact) mass is 360 g/mol. The Balaban J connectivity index is 3.31. The van der Waals surface area contributed by atoms with Crippen molar-refractivity contribution in [3.8, 4) is 5.75 Å². The van der Waals surface area contributed by atoms with Crippen LogP contribution in [-0.4, -0.2) is 5.11 Å². The lowest BCUT2D eigenvalue weighted by molar-refractivity contribution is 0.467. The van der Waals surface area contributed by atoms with E-state index in [0.717, 1.165) is 12.7 Å². The maximum Gasteiger partial charge on any atom is 0.131 e. The summed E-state index contributed by atoms with van der Waals surface area (Å²) in [7, 11) is 0. The fourth-order valence-electron chi connectivity index (χ4n) is 0.695. The molecule has 54 valence electrons. The van der Waals surface area contributed by atoms with Gasteiger partial charge in [-0.2, -0.15) is 0 Å². The molecule has 10 heavy (non-hydrogen) atoms. The van der Waals surface area contributed by atoms with E-state index in [-0.39, 0.29) is 0 Å². The van der Waals surface area contributed by atoms with Gasteiger partial charge in [0, 0.05) is 3.57 Å². The lowest BCUT2D eigenvalue weighted by Gasteiger charge is -2.00. The first-order valence-corrected chi connectivity index (χ1v) is 4.91. The molecule has 3 heteroatoms. The Morgan fingerprint density at radius 1 is 1.30 bits per heavy atom. The molecule has 1 aromatic rings. The Bertz CT molecular complexity index is 235. The molecule has 0 spiro atoms. The molecular formula is C7H6I2O. The highest BCUT2D eigenvalue weighted by Crippen LogP contribution is 2.25. The van der Waals surface area contributed by atoms with Gasteiger partial charge in [-0.3, -0.25) is 0 Å². The van der Waals surface area contributed by atoms with Crippen LogP contribution in [0, 0.1) is 14.1 Å². The van der Waals surface area contributed by atoms with Gasteiger partial charge < -0.3 is 5.11 Å². The van der Waals surface area contributed by atoms with Crippen LogP contribution in [0.2, 0.25) is 0 Å². The van der Waals surface area contributed by atoms with E-state index in [2.05, 4.69) is 45.2 Å². The predicted molar refractivity (Wildman–Crippen MR) is 58.3 cm³/mol. The number of rotatable bonds is 0. The van der Waals surface area contributed by atoms with Crippen molar-refractivity contribution >= 4 is 45.2 Å².